The van der Waals surface area contributed by atoms with E-state index in [9.17, 15) is 33.6 Å². The Bertz CT molecular complexity index is 757. The van der Waals surface area contributed by atoms with Crippen LogP contribution in [0, 0.1) is 0 Å². The molecule has 0 saturated carbocycles. The molecule has 0 rings (SSSR count). The van der Waals surface area contributed by atoms with Gasteiger partial charge in [0.05, 0.1) is 25.5 Å². The molecule has 4 amide bonds. The number of aliphatic hydroxyl groups excluding tert-OH is 1. The lowest BCUT2D eigenvalue weighted by Crippen LogP contribution is -2.58. The standard InChI is InChI=1S/C16H25N5O11/c17-6(3-12(26)27)13(28)20-8(4-10(18)23)15(30)19-7(1-2-11(24)25)14(29)21-9(5-22)16(31)32/h6-9,22H,1-5,17H2,(H2,18,23)(H,19,30)(H,20,28)(H,21,29)(H,24,25)(H,26,27)(H,31,32)/t6-,7-,8-,9-/m0/s1. The summed E-state index contributed by atoms with van der Waals surface area (Å²) in [6, 6.07) is -6.66. The minimum atomic E-state index is -1.75. The van der Waals surface area contributed by atoms with Crippen LogP contribution in [-0.2, 0) is 33.6 Å². The molecule has 0 aromatic heterocycles. The Morgan fingerprint density at radius 2 is 1.22 bits per heavy atom. The zero-order valence-electron chi connectivity index (χ0n) is 16.6. The molecule has 0 spiro atoms. The second-order valence-electron chi connectivity index (χ2n) is 6.51. The number of amides is 4. The fourth-order valence-corrected chi connectivity index (χ4v) is 2.24. The number of primary amides is 1. The number of hydrogen-bond acceptors (Lipinski definition) is 9. The molecule has 0 aliphatic rings. The normalized spacial score (nSPS) is 14.2. The van der Waals surface area contributed by atoms with Crippen LogP contribution in [0.5, 0.6) is 0 Å². The van der Waals surface area contributed by atoms with Gasteiger partial charge in [-0.05, 0) is 6.42 Å². The Labute approximate surface area is 180 Å². The number of rotatable bonds is 15. The summed E-state index contributed by atoms with van der Waals surface area (Å²) in [4.78, 5) is 80.5. The van der Waals surface area contributed by atoms with Crippen LogP contribution in [0.3, 0.4) is 0 Å². The van der Waals surface area contributed by atoms with Crippen molar-refractivity contribution in [2.24, 2.45) is 11.5 Å². The second-order valence-corrected chi connectivity index (χ2v) is 6.51. The van der Waals surface area contributed by atoms with Crippen molar-refractivity contribution in [3.8, 4) is 0 Å². The summed E-state index contributed by atoms with van der Waals surface area (Å²) in [5.74, 6) is -8.88. The van der Waals surface area contributed by atoms with E-state index in [0.29, 0.717) is 0 Å². The smallest absolute Gasteiger partial charge is 0.328 e. The highest BCUT2D eigenvalue weighted by atomic mass is 16.4. The minimum Gasteiger partial charge on any atom is -0.481 e. The van der Waals surface area contributed by atoms with Crippen molar-refractivity contribution in [1.29, 1.82) is 0 Å². The third-order valence-electron chi connectivity index (χ3n) is 3.85. The molecule has 0 heterocycles. The number of carbonyl (C=O) groups excluding carboxylic acids is 4. The monoisotopic (exact) mass is 463 g/mol. The summed E-state index contributed by atoms with van der Waals surface area (Å²) in [6.45, 7) is -0.998. The molecule has 180 valence electrons. The summed E-state index contributed by atoms with van der Waals surface area (Å²) in [6.07, 6.45) is -2.72. The molecule has 4 atom stereocenters. The van der Waals surface area contributed by atoms with E-state index in [1.54, 1.807) is 0 Å². The Morgan fingerprint density at radius 1 is 0.719 bits per heavy atom. The topological polar surface area (TPSA) is 289 Å². The number of aliphatic carboxylic acids is 3. The maximum absolute atomic E-state index is 12.5. The van der Waals surface area contributed by atoms with E-state index in [0.717, 1.165) is 0 Å². The Morgan fingerprint density at radius 3 is 1.66 bits per heavy atom. The van der Waals surface area contributed by atoms with Gasteiger partial charge in [0, 0.05) is 6.42 Å². The van der Waals surface area contributed by atoms with Gasteiger partial charge < -0.3 is 47.8 Å². The molecule has 0 bridgehead atoms. The molecule has 0 aliphatic carbocycles. The van der Waals surface area contributed by atoms with Gasteiger partial charge in [-0.3, -0.25) is 28.8 Å². The number of carboxylic acids is 3. The molecule has 16 nitrogen and oxygen atoms in total. The maximum Gasteiger partial charge on any atom is 0.328 e. The van der Waals surface area contributed by atoms with Crippen LogP contribution in [0.1, 0.15) is 25.7 Å². The highest BCUT2D eigenvalue weighted by Gasteiger charge is 2.31. The fraction of sp³-hybridized carbons (Fsp3) is 0.562. The molecule has 16 heteroatoms. The van der Waals surface area contributed by atoms with Crippen molar-refractivity contribution in [1.82, 2.24) is 16.0 Å². The van der Waals surface area contributed by atoms with Gasteiger partial charge in [0.15, 0.2) is 0 Å². The Balaban J connectivity index is 5.51. The molecule has 0 aromatic rings. The number of hydrogen-bond donors (Lipinski definition) is 9. The van der Waals surface area contributed by atoms with E-state index in [-0.39, 0.29) is 0 Å². The van der Waals surface area contributed by atoms with E-state index >= 15 is 0 Å². The first-order valence-corrected chi connectivity index (χ1v) is 9.00. The van der Waals surface area contributed by atoms with Crippen LogP contribution in [-0.4, -0.2) is 92.7 Å². The molecule has 11 N–H and O–H groups in total. The fourth-order valence-electron chi connectivity index (χ4n) is 2.24. The number of aliphatic hydroxyl groups is 1. The zero-order valence-corrected chi connectivity index (χ0v) is 16.6. The van der Waals surface area contributed by atoms with E-state index < -0.39 is 98.0 Å². The summed E-state index contributed by atoms with van der Waals surface area (Å²) in [5, 5.41) is 41.4. The Hall–Kier alpha value is -3.79. The van der Waals surface area contributed by atoms with Crippen molar-refractivity contribution >= 4 is 41.5 Å². The highest BCUT2D eigenvalue weighted by Crippen LogP contribution is 2.03. The predicted octanol–water partition coefficient (Wildman–Crippen LogP) is -4.94. The van der Waals surface area contributed by atoms with Crippen LogP contribution in [0.25, 0.3) is 0 Å². The van der Waals surface area contributed by atoms with Crippen LogP contribution in [0.4, 0.5) is 0 Å². The first kappa shape index (κ1) is 28.2. The molecule has 32 heavy (non-hydrogen) atoms. The average Bonchev–Trinajstić information content (AvgIpc) is 2.66. The molecule has 0 aliphatic heterocycles. The molecule has 0 aromatic carbocycles. The maximum atomic E-state index is 12.5. The first-order valence-electron chi connectivity index (χ1n) is 9.00. The summed E-state index contributed by atoms with van der Waals surface area (Å²) < 4.78 is 0. The van der Waals surface area contributed by atoms with E-state index in [4.69, 9.17) is 31.9 Å². The largest absolute Gasteiger partial charge is 0.481 e. The molecular weight excluding hydrogens is 438 g/mol. The third-order valence-corrected chi connectivity index (χ3v) is 3.85. The van der Waals surface area contributed by atoms with Crippen molar-refractivity contribution < 1.29 is 54.0 Å². The number of nitrogens with one attached hydrogen (secondary N) is 3. The molecule has 0 saturated heterocycles. The van der Waals surface area contributed by atoms with Gasteiger partial charge in [-0.15, -0.1) is 0 Å². The number of nitrogens with two attached hydrogens (primary N) is 2. The van der Waals surface area contributed by atoms with Gasteiger partial charge in [0.1, 0.15) is 18.1 Å². The van der Waals surface area contributed by atoms with Gasteiger partial charge in [-0.2, -0.15) is 0 Å². The van der Waals surface area contributed by atoms with Gasteiger partial charge >= 0.3 is 17.9 Å². The number of carboxylic acid groups (broad SMARTS) is 3. The van der Waals surface area contributed by atoms with E-state index in [1.807, 2.05) is 10.6 Å². The van der Waals surface area contributed by atoms with Gasteiger partial charge in [0.2, 0.25) is 23.6 Å². The molecular formula is C16H25N5O11. The molecule has 0 radical (unpaired) electrons. The zero-order chi connectivity index (χ0) is 25.0. The van der Waals surface area contributed by atoms with Crippen molar-refractivity contribution in [3.63, 3.8) is 0 Å². The van der Waals surface area contributed by atoms with Crippen molar-refractivity contribution in [2.45, 2.75) is 49.9 Å². The summed E-state index contributed by atoms with van der Waals surface area (Å²) in [7, 11) is 0. The molecule has 0 fully saturated rings. The van der Waals surface area contributed by atoms with Crippen LogP contribution < -0.4 is 27.4 Å². The van der Waals surface area contributed by atoms with Crippen LogP contribution in [0.15, 0.2) is 0 Å². The lowest BCUT2D eigenvalue weighted by molar-refractivity contribution is -0.144. The number of carbonyl (C=O) groups is 7. The summed E-state index contributed by atoms with van der Waals surface area (Å²) in [5.41, 5.74) is 10.4. The van der Waals surface area contributed by atoms with Gasteiger partial charge in [-0.1, -0.05) is 0 Å². The van der Waals surface area contributed by atoms with Crippen LogP contribution in [0.2, 0.25) is 0 Å². The SMILES string of the molecule is NC(=O)C[C@H](NC(=O)[C@@H](N)CC(=O)O)C(=O)N[C@@H](CCC(=O)O)C(=O)N[C@@H](CO)C(=O)O. The van der Waals surface area contributed by atoms with E-state index in [1.165, 1.54) is 0 Å². The molecule has 0 unspecified atom stereocenters. The lowest BCUT2D eigenvalue weighted by Gasteiger charge is -2.24. The van der Waals surface area contributed by atoms with Gasteiger partial charge in [0.25, 0.3) is 0 Å². The summed E-state index contributed by atoms with van der Waals surface area (Å²) >= 11 is 0. The van der Waals surface area contributed by atoms with Crippen molar-refractivity contribution in [2.75, 3.05) is 6.61 Å². The lowest BCUT2D eigenvalue weighted by atomic mass is 10.1. The quantitative estimate of drug-likeness (QED) is 0.110. The average molecular weight is 463 g/mol. The van der Waals surface area contributed by atoms with Crippen molar-refractivity contribution in [3.05, 3.63) is 0 Å². The van der Waals surface area contributed by atoms with Crippen LogP contribution >= 0.6 is 0 Å². The van der Waals surface area contributed by atoms with E-state index in [2.05, 4.69) is 5.32 Å². The first-order chi connectivity index (χ1) is 14.8. The third kappa shape index (κ3) is 10.8. The van der Waals surface area contributed by atoms with Gasteiger partial charge in [-0.25, -0.2) is 4.79 Å². The predicted molar refractivity (Wildman–Crippen MR) is 101 cm³/mol. The second kappa shape index (κ2) is 13.5. The highest BCUT2D eigenvalue weighted by molar-refractivity contribution is 5.96. The minimum absolute atomic E-state index is 0.513. The Kier molecular flexibility index (Phi) is 11.9.